The fourth-order valence-electron chi connectivity index (χ4n) is 2.10. The number of amidine groups is 1. The van der Waals surface area contributed by atoms with Crippen molar-refractivity contribution >= 4 is 22.6 Å². The van der Waals surface area contributed by atoms with Gasteiger partial charge in [0.1, 0.15) is 5.82 Å². The Morgan fingerprint density at radius 3 is 2.12 bits per heavy atom. The fourth-order valence-corrected chi connectivity index (χ4v) is 2.90. The Morgan fingerprint density at radius 1 is 0.833 bits per heavy atom. The average molecular weight is 336 g/mol. The summed E-state index contributed by atoms with van der Waals surface area (Å²) in [6.07, 6.45) is 0. The summed E-state index contributed by atoms with van der Waals surface area (Å²) < 4.78 is 13.1. The van der Waals surface area contributed by atoms with Gasteiger partial charge in [-0.1, -0.05) is 60.3 Å². The molecule has 2 nitrogen and oxygen atoms in total. The van der Waals surface area contributed by atoms with Crippen molar-refractivity contribution in [3.63, 3.8) is 0 Å². The van der Waals surface area contributed by atoms with Crippen molar-refractivity contribution in [1.82, 2.24) is 0 Å². The van der Waals surface area contributed by atoms with E-state index in [0.717, 1.165) is 21.3 Å². The first-order valence-corrected chi connectivity index (χ1v) is 8.45. The monoisotopic (exact) mass is 336 g/mol. The highest BCUT2D eigenvalue weighted by Crippen LogP contribution is 2.22. The lowest BCUT2D eigenvalue weighted by molar-refractivity contribution is 0.626. The van der Waals surface area contributed by atoms with Gasteiger partial charge in [-0.2, -0.15) is 0 Å². The molecule has 0 unspecified atom stereocenters. The van der Waals surface area contributed by atoms with Gasteiger partial charge in [-0.25, -0.2) is 4.39 Å². The number of hydrogen-bond acceptors (Lipinski definition) is 2. The molecule has 0 spiro atoms. The molecule has 3 rings (SSSR count). The third-order valence-corrected chi connectivity index (χ3v) is 4.23. The smallest absolute Gasteiger partial charge is 0.166 e. The molecule has 0 aliphatic rings. The molecule has 1 N–H and O–H groups in total. The molecular weight excluding hydrogens is 319 g/mol. The van der Waals surface area contributed by atoms with Crippen molar-refractivity contribution in [1.29, 1.82) is 0 Å². The van der Waals surface area contributed by atoms with Gasteiger partial charge < -0.3 is 5.32 Å². The zero-order valence-corrected chi connectivity index (χ0v) is 13.8. The number of aliphatic imine (C=N–C) groups is 1. The highest BCUT2D eigenvalue weighted by Gasteiger charge is 2.04. The summed E-state index contributed by atoms with van der Waals surface area (Å²) in [6.45, 7) is 0.588. The molecule has 0 saturated carbocycles. The minimum Gasteiger partial charge on any atom is -0.335 e. The standard InChI is InChI=1S/C20H17FN2S/c21-17-11-13-19(14-12-17)24-20(23-18-9-5-2-6-10-18)22-15-16-7-3-1-4-8-16/h1-14H,15H2,(H,22,23). The number of thioether (sulfide) groups is 1. The second-order valence-corrected chi connectivity index (χ2v) is 6.22. The Balaban J connectivity index is 1.78. The normalized spacial score (nSPS) is 11.3. The van der Waals surface area contributed by atoms with Gasteiger partial charge >= 0.3 is 0 Å². The first kappa shape index (κ1) is 16.3. The lowest BCUT2D eigenvalue weighted by atomic mass is 10.2. The van der Waals surface area contributed by atoms with Crippen LogP contribution in [0, 0.1) is 5.82 Å². The van der Waals surface area contributed by atoms with Gasteiger partial charge in [0.05, 0.1) is 6.54 Å². The Morgan fingerprint density at radius 2 is 1.46 bits per heavy atom. The zero-order valence-electron chi connectivity index (χ0n) is 13.0. The molecule has 0 atom stereocenters. The van der Waals surface area contributed by atoms with E-state index in [1.54, 1.807) is 12.1 Å². The van der Waals surface area contributed by atoms with E-state index in [0.29, 0.717) is 6.54 Å². The SMILES string of the molecule is Fc1ccc(SC(=NCc2ccccc2)Nc2ccccc2)cc1. The van der Waals surface area contributed by atoms with E-state index >= 15 is 0 Å². The maximum atomic E-state index is 13.1. The van der Waals surface area contributed by atoms with Crippen molar-refractivity contribution in [2.75, 3.05) is 5.32 Å². The minimum atomic E-state index is -0.238. The van der Waals surface area contributed by atoms with E-state index in [2.05, 4.69) is 10.3 Å². The molecule has 0 aliphatic carbocycles. The Bertz CT molecular complexity index is 787. The van der Waals surface area contributed by atoms with Gasteiger partial charge in [-0.3, -0.25) is 4.99 Å². The number of halogens is 1. The molecule has 0 bridgehead atoms. The van der Waals surface area contributed by atoms with Crippen LogP contribution in [0.25, 0.3) is 0 Å². The van der Waals surface area contributed by atoms with Crippen LogP contribution < -0.4 is 5.32 Å². The van der Waals surface area contributed by atoms with Crippen LogP contribution in [-0.2, 0) is 6.54 Å². The summed E-state index contributed by atoms with van der Waals surface area (Å²) in [4.78, 5) is 5.62. The molecule has 4 heteroatoms. The lowest BCUT2D eigenvalue weighted by Gasteiger charge is -2.10. The highest BCUT2D eigenvalue weighted by atomic mass is 32.2. The van der Waals surface area contributed by atoms with Crippen molar-refractivity contribution in [2.45, 2.75) is 11.4 Å². The van der Waals surface area contributed by atoms with Crippen molar-refractivity contribution < 1.29 is 4.39 Å². The fraction of sp³-hybridized carbons (Fsp3) is 0.0500. The van der Waals surface area contributed by atoms with Crippen molar-refractivity contribution in [3.05, 3.63) is 96.3 Å². The number of rotatable bonds is 4. The van der Waals surface area contributed by atoms with Gasteiger partial charge in [0, 0.05) is 10.6 Å². The van der Waals surface area contributed by atoms with E-state index in [-0.39, 0.29) is 5.82 Å². The molecule has 0 radical (unpaired) electrons. The molecule has 0 saturated heterocycles. The van der Waals surface area contributed by atoms with E-state index in [1.165, 1.54) is 23.9 Å². The van der Waals surface area contributed by atoms with Gasteiger partial charge in [0.2, 0.25) is 0 Å². The third kappa shape index (κ3) is 4.96. The number of anilines is 1. The van der Waals surface area contributed by atoms with Gasteiger partial charge in [0.15, 0.2) is 5.17 Å². The summed E-state index contributed by atoms with van der Waals surface area (Å²) in [6, 6.07) is 26.4. The van der Waals surface area contributed by atoms with Crippen LogP contribution in [0.15, 0.2) is 94.8 Å². The zero-order chi connectivity index (χ0) is 16.6. The summed E-state index contributed by atoms with van der Waals surface area (Å²) in [5.41, 5.74) is 2.11. The van der Waals surface area contributed by atoms with Crippen LogP contribution in [0.4, 0.5) is 10.1 Å². The Labute approximate surface area is 145 Å². The van der Waals surface area contributed by atoms with Crippen LogP contribution in [0.2, 0.25) is 0 Å². The number of nitrogens with one attached hydrogen (secondary N) is 1. The van der Waals surface area contributed by atoms with Gasteiger partial charge in [0.25, 0.3) is 0 Å². The van der Waals surface area contributed by atoms with E-state index in [9.17, 15) is 4.39 Å². The van der Waals surface area contributed by atoms with E-state index in [4.69, 9.17) is 0 Å². The Kier molecular flexibility index (Phi) is 5.64. The molecule has 0 aliphatic heterocycles. The number of para-hydroxylation sites is 1. The summed E-state index contributed by atoms with van der Waals surface area (Å²) in [5.74, 6) is -0.238. The van der Waals surface area contributed by atoms with Crippen LogP contribution in [-0.4, -0.2) is 5.17 Å². The average Bonchev–Trinajstić information content (AvgIpc) is 2.63. The second-order valence-electron chi connectivity index (χ2n) is 5.15. The molecule has 120 valence electrons. The molecule has 0 aromatic heterocycles. The molecule has 0 heterocycles. The molecule has 0 amide bonds. The van der Waals surface area contributed by atoms with Crippen molar-refractivity contribution in [2.24, 2.45) is 4.99 Å². The highest BCUT2D eigenvalue weighted by molar-refractivity contribution is 8.14. The molecular formula is C20H17FN2S. The lowest BCUT2D eigenvalue weighted by Crippen LogP contribution is -2.08. The Hall–Kier alpha value is -2.59. The number of nitrogens with zero attached hydrogens (tertiary/aromatic N) is 1. The largest absolute Gasteiger partial charge is 0.335 e. The maximum absolute atomic E-state index is 13.1. The third-order valence-electron chi connectivity index (χ3n) is 3.30. The quantitative estimate of drug-likeness (QED) is 0.382. The summed E-state index contributed by atoms with van der Waals surface area (Å²) in [5, 5.41) is 4.11. The molecule has 3 aromatic carbocycles. The van der Waals surface area contributed by atoms with Crippen LogP contribution in [0.3, 0.4) is 0 Å². The molecule has 24 heavy (non-hydrogen) atoms. The molecule has 3 aromatic rings. The van der Waals surface area contributed by atoms with Gasteiger partial charge in [-0.05, 0) is 42.0 Å². The van der Waals surface area contributed by atoms with E-state index in [1.807, 2.05) is 60.7 Å². The maximum Gasteiger partial charge on any atom is 0.166 e. The van der Waals surface area contributed by atoms with Crippen LogP contribution in [0.5, 0.6) is 0 Å². The second kappa shape index (κ2) is 8.31. The van der Waals surface area contributed by atoms with Gasteiger partial charge in [-0.15, -0.1) is 0 Å². The first-order chi connectivity index (χ1) is 11.8. The minimum absolute atomic E-state index is 0.238. The van der Waals surface area contributed by atoms with E-state index < -0.39 is 0 Å². The molecule has 0 fully saturated rings. The summed E-state index contributed by atoms with van der Waals surface area (Å²) >= 11 is 1.48. The number of benzene rings is 3. The van der Waals surface area contributed by atoms with Crippen molar-refractivity contribution in [3.8, 4) is 0 Å². The topological polar surface area (TPSA) is 24.4 Å². The summed E-state index contributed by atoms with van der Waals surface area (Å²) in [7, 11) is 0. The van der Waals surface area contributed by atoms with Crippen LogP contribution in [0.1, 0.15) is 5.56 Å². The first-order valence-electron chi connectivity index (χ1n) is 7.63. The predicted molar refractivity (Wildman–Crippen MR) is 99.9 cm³/mol. The predicted octanol–water partition coefficient (Wildman–Crippen LogP) is 5.59. The number of hydrogen-bond donors (Lipinski definition) is 1. The van der Waals surface area contributed by atoms with Crippen LogP contribution >= 0.6 is 11.8 Å².